The molecule has 7 heteroatoms. The number of aryl methyl sites for hydroxylation is 1. The zero-order valence-corrected chi connectivity index (χ0v) is 14.7. The van der Waals surface area contributed by atoms with Crippen LogP contribution in [0.2, 0.25) is 0 Å². The Morgan fingerprint density at radius 1 is 1.20 bits per heavy atom. The second-order valence-electron chi connectivity index (χ2n) is 6.14. The van der Waals surface area contributed by atoms with Crippen molar-refractivity contribution in [2.24, 2.45) is 0 Å². The number of piperidine rings is 1. The van der Waals surface area contributed by atoms with Crippen LogP contribution in [-0.4, -0.2) is 39.1 Å². The van der Waals surface area contributed by atoms with Crippen LogP contribution in [0.4, 0.5) is 0 Å². The standard InChI is InChI=1S/C18H18N4O2S/c1-12-15(25-11-19-12)17-21-20-16(24-17)13-7-9-22(10-8-13)18(23)14-5-3-2-4-6-14/h2-6,11,13H,7-10H2,1H3. The van der Waals surface area contributed by atoms with Gasteiger partial charge in [-0.1, -0.05) is 18.2 Å². The van der Waals surface area contributed by atoms with E-state index in [1.807, 2.05) is 42.2 Å². The summed E-state index contributed by atoms with van der Waals surface area (Å²) in [6, 6.07) is 9.41. The van der Waals surface area contributed by atoms with Gasteiger partial charge in [-0.05, 0) is 31.9 Å². The van der Waals surface area contributed by atoms with E-state index in [9.17, 15) is 4.79 Å². The average molecular weight is 354 g/mol. The van der Waals surface area contributed by atoms with E-state index >= 15 is 0 Å². The van der Waals surface area contributed by atoms with Crippen molar-refractivity contribution in [3.8, 4) is 10.8 Å². The first-order chi connectivity index (χ1) is 12.2. The van der Waals surface area contributed by atoms with E-state index in [1.54, 1.807) is 5.51 Å². The van der Waals surface area contributed by atoms with Crippen LogP contribution in [0.1, 0.15) is 40.7 Å². The highest BCUT2D eigenvalue weighted by Crippen LogP contribution is 2.32. The first kappa shape index (κ1) is 16.0. The minimum atomic E-state index is 0.0885. The summed E-state index contributed by atoms with van der Waals surface area (Å²) in [5.41, 5.74) is 3.42. The van der Waals surface area contributed by atoms with Crippen LogP contribution in [-0.2, 0) is 0 Å². The summed E-state index contributed by atoms with van der Waals surface area (Å²) in [7, 11) is 0. The lowest BCUT2D eigenvalue weighted by molar-refractivity contribution is 0.0706. The third-order valence-electron chi connectivity index (χ3n) is 4.53. The molecule has 0 bridgehead atoms. The quantitative estimate of drug-likeness (QED) is 0.719. The molecule has 0 atom stereocenters. The summed E-state index contributed by atoms with van der Waals surface area (Å²) in [5, 5.41) is 8.39. The third-order valence-corrected chi connectivity index (χ3v) is 5.45. The van der Waals surface area contributed by atoms with Gasteiger partial charge in [-0.3, -0.25) is 4.79 Å². The topological polar surface area (TPSA) is 72.1 Å². The number of benzene rings is 1. The van der Waals surface area contributed by atoms with Gasteiger partial charge in [0.1, 0.15) is 4.88 Å². The SMILES string of the molecule is Cc1ncsc1-c1nnc(C2CCN(C(=O)c3ccccc3)CC2)o1. The predicted molar refractivity (Wildman–Crippen MR) is 94.5 cm³/mol. The fourth-order valence-corrected chi connectivity index (χ4v) is 3.81. The van der Waals surface area contributed by atoms with Crippen molar-refractivity contribution in [1.29, 1.82) is 0 Å². The largest absolute Gasteiger partial charge is 0.420 e. The lowest BCUT2D eigenvalue weighted by atomic mass is 9.96. The normalized spacial score (nSPS) is 15.5. The molecule has 0 aliphatic carbocycles. The van der Waals surface area contributed by atoms with Gasteiger partial charge in [0.05, 0.1) is 11.2 Å². The van der Waals surface area contributed by atoms with Gasteiger partial charge in [-0.15, -0.1) is 21.5 Å². The molecule has 1 saturated heterocycles. The fraction of sp³-hybridized carbons (Fsp3) is 0.333. The number of hydrogen-bond acceptors (Lipinski definition) is 6. The maximum Gasteiger partial charge on any atom is 0.259 e. The molecule has 0 unspecified atom stereocenters. The number of thiazole rings is 1. The molecule has 0 saturated carbocycles. The molecule has 128 valence electrons. The summed E-state index contributed by atoms with van der Waals surface area (Å²) in [5.74, 6) is 1.49. The van der Waals surface area contributed by atoms with Gasteiger partial charge in [0.15, 0.2) is 0 Å². The van der Waals surface area contributed by atoms with Gasteiger partial charge < -0.3 is 9.32 Å². The molecule has 1 aliphatic rings. The number of carbonyl (C=O) groups excluding carboxylic acids is 1. The Balaban J connectivity index is 1.42. The maximum atomic E-state index is 12.5. The summed E-state index contributed by atoms with van der Waals surface area (Å²) in [6.07, 6.45) is 1.67. The number of nitrogens with zero attached hydrogens (tertiary/aromatic N) is 4. The molecule has 0 spiro atoms. The molecule has 1 amide bonds. The van der Waals surface area contributed by atoms with E-state index in [2.05, 4.69) is 15.2 Å². The van der Waals surface area contributed by atoms with E-state index in [-0.39, 0.29) is 11.8 Å². The van der Waals surface area contributed by atoms with Gasteiger partial charge in [-0.2, -0.15) is 0 Å². The van der Waals surface area contributed by atoms with Crippen LogP contribution in [0.25, 0.3) is 10.8 Å². The summed E-state index contributed by atoms with van der Waals surface area (Å²) >= 11 is 1.50. The van der Waals surface area contributed by atoms with E-state index < -0.39 is 0 Å². The predicted octanol–water partition coefficient (Wildman–Crippen LogP) is 3.52. The molecule has 1 aromatic carbocycles. The molecule has 6 nitrogen and oxygen atoms in total. The first-order valence-corrected chi connectivity index (χ1v) is 9.18. The van der Waals surface area contributed by atoms with Gasteiger partial charge in [0.25, 0.3) is 11.8 Å². The highest BCUT2D eigenvalue weighted by atomic mass is 32.1. The first-order valence-electron chi connectivity index (χ1n) is 8.30. The Morgan fingerprint density at radius 3 is 2.64 bits per heavy atom. The lowest BCUT2D eigenvalue weighted by Gasteiger charge is -2.30. The molecule has 25 heavy (non-hydrogen) atoms. The van der Waals surface area contributed by atoms with Crippen LogP contribution < -0.4 is 0 Å². The molecule has 1 aliphatic heterocycles. The van der Waals surface area contributed by atoms with E-state index in [0.717, 1.165) is 29.0 Å². The summed E-state index contributed by atoms with van der Waals surface area (Å²) in [6.45, 7) is 3.34. The van der Waals surface area contributed by atoms with E-state index in [4.69, 9.17) is 4.42 Å². The summed E-state index contributed by atoms with van der Waals surface area (Å²) in [4.78, 5) is 19.6. The van der Waals surface area contributed by atoms with E-state index in [0.29, 0.717) is 24.9 Å². The highest BCUT2D eigenvalue weighted by molar-refractivity contribution is 7.13. The van der Waals surface area contributed by atoms with E-state index in [1.165, 1.54) is 11.3 Å². The van der Waals surface area contributed by atoms with Gasteiger partial charge in [0.2, 0.25) is 5.89 Å². The van der Waals surface area contributed by atoms with Crippen molar-refractivity contribution in [3.05, 3.63) is 53.0 Å². The molecular formula is C18H18N4O2S. The second kappa shape index (κ2) is 6.76. The maximum absolute atomic E-state index is 12.5. The monoisotopic (exact) mass is 354 g/mol. The molecule has 0 N–H and O–H groups in total. The molecule has 2 aromatic heterocycles. The third kappa shape index (κ3) is 3.19. The van der Waals surface area contributed by atoms with Crippen LogP contribution in [0, 0.1) is 6.92 Å². The molecule has 4 rings (SSSR count). The van der Waals surface area contributed by atoms with Crippen LogP contribution in [0.5, 0.6) is 0 Å². The fourth-order valence-electron chi connectivity index (χ4n) is 3.09. The van der Waals surface area contributed by atoms with Gasteiger partial charge in [-0.25, -0.2) is 4.98 Å². The number of carbonyl (C=O) groups is 1. The smallest absolute Gasteiger partial charge is 0.259 e. The Bertz CT molecular complexity index is 866. The summed E-state index contributed by atoms with van der Waals surface area (Å²) < 4.78 is 5.87. The minimum absolute atomic E-state index is 0.0885. The van der Waals surface area contributed by atoms with Crippen molar-refractivity contribution < 1.29 is 9.21 Å². The zero-order chi connectivity index (χ0) is 17.2. The molecule has 1 fully saturated rings. The average Bonchev–Trinajstić information content (AvgIpc) is 3.31. The number of rotatable bonds is 3. The van der Waals surface area contributed by atoms with Crippen molar-refractivity contribution in [1.82, 2.24) is 20.1 Å². The Kier molecular flexibility index (Phi) is 4.31. The van der Waals surface area contributed by atoms with Crippen LogP contribution in [0.3, 0.4) is 0 Å². The number of hydrogen-bond donors (Lipinski definition) is 0. The van der Waals surface area contributed by atoms with Gasteiger partial charge in [0, 0.05) is 24.6 Å². The molecule has 3 aromatic rings. The minimum Gasteiger partial charge on any atom is -0.420 e. The second-order valence-corrected chi connectivity index (χ2v) is 7.00. The van der Waals surface area contributed by atoms with Crippen molar-refractivity contribution in [2.75, 3.05) is 13.1 Å². The Labute approximate surface area is 149 Å². The lowest BCUT2D eigenvalue weighted by Crippen LogP contribution is -2.37. The molecular weight excluding hydrogens is 336 g/mol. The van der Waals surface area contributed by atoms with Crippen molar-refractivity contribution >= 4 is 17.2 Å². The van der Waals surface area contributed by atoms with Crippen LogP contribution in [0.15, 0.2) is 40.3 Å². The molecule has 0 radical (unpaired) electrons. The van der Waals surface area contributed by atoms with Crippen LogP contribution >= 0.6 is 11.3 Å². The number of likely N-dealkylation sites (tertiary alicyclic amines) is 1. The highest BCUT2D eigenvalue weighted by Gasteiger charge is 2.28. The Hall–Kier alpha value is -2.54. The van der Waals surface area contributed by atoms with Crippen molar-refractivity contribution in [3.63, 3.8) is 0 Å². The Morgan fingerprint density at radius 2 is 1.96 bits per heavy atom. The van der Waals surface area contributed by atoms with Crippen molar-refractivity contribution in [2.45, 2.75) is 25.7 Å². The zero-order valence-electron chi connectivity index (χ0n) is 13.9. The molecule has 3 heterocycles. The van der Waals surface area contributed by atoms with Gasteiger partial charge >= 0.3 is 0 Å². The number of aromatic nitrogens is 3. The number of amides is 1.